The van der Waals surface area contributed by atoms with Gasteiger partial charge in [-0.15, -0.1) is 0 Å². The van der Waals surface area contributed by atoms with Crippen molar-refractivity contribution in [2.75, 3.05) is 12.4 Å². The van der Waals surface area contributed by atoms with Gasteiger partial charge in [0.05, 0.1) is 12.7 Å². The first-order valence-electron chi connectivity index (χ1n) is 8.03. The summed E-state index contributed by atoms with van der Waals surface area (Å²) in [5, 5.41) is 3.94. The Labute approximate surface area is 146 Å². The van der Waals surface area contributed by atoms with E-state index in [2.05, 4.69) is 5.32 Å². The maximum absolute atomic E-state index is 12.5. The van der Waals surface area contributed by atoms with Crippen molar-refractivity contribution in [3.05, 3.63) is 65.4 Å². The molecule has 5 nitrogen and oxygen atoms in total. The molecule has 5 heteroatoms. The molecule has 0 bridgehead atoms. The molecule has 3 rings (SSSR count). The van der Waals surface area contributed by atoms with Gasteiger partial charge in [0.1, 0.15) is 6.54 Å². The third kappa shape index (κ3) is 3.40. The predicted octanol–water partition coefficient (Wildman–Crippen LogP) is 3.68. The number of rotatable bonds is 4. The highest BCUT2D eigenvalue weighted by molar-refractivity contribution is 5.96. The van der Waals surface area contributed by atoms with Crippen molar-refractivity contribution < 1.29 is 14.3 Å². The summed E-state index contributed by atoms with van der Waals surface area (Å²) < 4.78 is 6.58. The number of hydrogen-bond donors (Lipinski definition) is 1. The van der Waals surface area contributed by atoms with E-state index in [1.807, 2.05) is 54.9 Å². The second-order valence-electron chi connectivity index (χ2n) is 6.02. The molecule has 0 aliphatic heterocycles. The minimum absolute atomic E-state index is 0.113. The van der Waals surface area contributed by atoms with Crippen LogP contribution in [0.4, 0.5) is 5.69 Å². The van der Waals surface area contributed by atoms with Gasteiger partial charge in [-0.3, -0.25) is 4.79 Å². The molecule has 3 aromatic rings. The van der Waals surface area contributed by atoms with Gasteiger partial charge < -0.3 is 14.6 Å². The van der Waals surface area contributed by atoms with Gasteiger partial charge in [-0.05, 0) is 48.6 Å². The molecule has 1 aromatic heterocycles. The average molecular weight is 336 g/mol. The highest BCUT2D eigenvalue weighted by atomic mass is 16.5. The van der Waals surface area contributed by atoms with Crippen molar-refractivity contribution >= 4 is 28.5 Å². The fraction of sp³-hybridized carbons (Fsp3) is 0.200. The number of nitrogens with one attached hydrogen (secondary N) is 1. The maximum Gasteiger partial charge on any atom is 0.337 e. The Balaban J connectivity index is 1.85. The van der Waals surface area contributed by atoms with E-state index in [0.717, 1.165) is 27.7 Å². The van der Waals surface area contributed by atoms with Crippen molar-refractivity contribution in [1.82, 2.24) is 4.57 Å². The number of anilines is 1. The Morgan fingerprint density at radius 3 is 2.48 bits per heavy atom. The molecular formula is C20H20N2O3. The highest BCUT2D eigenvalue weighted by Crippen LogP contribution is 2.21. The van der Waals surface area contributed by atoms with Crippen LogP contribution in [-0.2, 0) is 16.1 Å². The number of aromatic nitrogens is 1. The largest absolute Gasteiger partial charge is 0.465 e. The third-order valence-electron chi connectivity index (χ3n) is 4.25. The first kappa shape index (κ1) is 16.8. The molecule has 1 N–H and O–H groups in total. The first-order chi connectivity index (χ1) is 12.0. The summed E-state index contributed by atoms with van der Waals surface area (Å²) in [6, 6.07) is 13.1. The second kappa shape index (κ2) is 6.81. The van der Waals surface area contributed by atoms with Crippen molar-refractivity contribution in [2.45, 2.75) is 20.4 Å². The molecule has 0 saturated heterocycles. The summed E-state index contributed by atoms with van der Waals surface area (Å²) in [5.41, 5.74) is 4.18. The van der Waals surface area contributed by atoms with Crippen LogP contribution in [0.2, 0.25) is 0 Å². The molecule has 0 aliphatic rings. The number of carbonyl (C=O) groups is 2. The average Bonchev–Trinajstić information content (AvgIpc) is 2.99. The Kier molecular flexibility index (Phi) is 4.57. The maximum atomic E-state index is 12.5. The summed E-state index contributed by atoms with van der Waals surface area (Å²) in [6.07, 6.45) is 1.84. The zero-order valence-electron chi connectivity index (χ0n) is 14.5. The van der Waals surface area contributed by atoms with E-state index in [0.29, 0.717) is 5.56 Å². The van der Waals surface area contributed by atoms with Crippen LogP contribution in [0.5, 0.6) is 0 Å². The minimum atomic E-state index is -0.394. The summed E-state index contributed by atoms with van der Waals surface area (Å²) in [6.45, 7) is 4.11. The molecule has 0 spiro atoms. The van der Waals surface area contributed by atoms with E-state index in [1.54, 1.807) is 12.1 Å². The van der Waals surface area contributed by atoms with Crippen molar-refractivity contribution in [3.8, 4) is 0 Å². The lowest BCUT2D eigenvalue weighted by molar-refractivity contribution is -0.116. The second-order valence-corrected chi connectivity index (χ2v) is 6.02. The van der Waals surface area contributed by atoms with E-state index in [-0.39, 0.29) is 12.5 Å². The van der Waals surface area contributed by atoms with Crippen LogP contribution in [-0.4, -0.2) is 23.6 Å². The Hall–Kier alpha value is -3.08. The van der Waals surface area contributed by atoms with Gasteiger partial charge in [-0.1, -0.05) is 24.3 Å². The van der Waals surface area contributed by atoms with Crippen LogP contribution in [0.1, 0.15) is 21.5 Å². The molecule has 128 valence electrons. The molecule has 0 radical (unpaired) electrons. The van der Waals surface area contributed by atoms with Gasteiger partial charge >= 0.3 is 5.97 Å². The summed E-state index contributed by atoms with van der Waals surface area (Å²) >= 11 is 0. The van der Waals surface area contributed by atoms with Gasteiger partial charge in [-0.2, -0.15) is 0 Å². The van der Waals surface area contributed by atoms with Crippen LogP contribution in [0.25, 0.3) is 10.9 Å². The number of hydrogen-bond acceptors (Lipinski definition) is 3. The molecule has 0 atom stereocenters. The molecule has 1 heterocycles. The molecule has 0 fully saturated rings. The highest BCUT2D eigenvalue weighted by Gasteiger charge is 2.12. The zero-order chi connectivity index (χ0) is 18.0. The molecule has 0 saturated carbocycles. The number of methoxy groups -OCH3 is 1. The van der Waals surface area contributed by atoms with Gasteiger partial charge in [0.15, 0.2) is 0 Å². The number of nitrogens with zero attached hydrogens (tertiary/aromatic N) is 1. The number of carbonyl (C=O) groups excluding carboxylic acids is 2. The number of amides is 1. The minimum Gasteiger partial charge on any atom is -0.465 e. The normalized spacial score (nSPS) is 10.7. The number of ether oxygens (including phenoxy) is 1. The van der Waals surface area contributed by atoms with Gasteiger partial charge in [0, 0.05) is 17.4 Å². The Morgan fingerprint density at radius 2 is 1.80 bits per heavy atom. The number of fused-ring (bicyclic) bond motifs is 1. The molecule has 25 heavy (non-hydrogen) atoms. The fourth-order valence-electron chi connectivity index (χ4n) is 2.91. The molecular weight excluding hydrogens is 316 g/mol. The first-order valence-corrected chi connectivity index (χ1v) is 8.03. The number of aryl methyl sites for hydroxylation is 2. The molecule has 1 amide bonds. The topological polar surface area (TPSA) is 60.3 Å². The summed E-state index contributed by atoms with van der Waals surface area (Å²) in [4.78, 5) is 24.2. The van der Waals surface area contributed by atoms with Crippen molar-refractivity contribution in [2.24, 2.45) is 0 Å². The fourth-order valence-corrected chi connectivity index (χ4v) is 2.91. The number of benzene rings is 2. The smallest absolute Gasteiger partial charge is 0.337 e. The Morgan fingerprint density at radius 1 is 1.08 bits per heavy atom. The molecule has 2 aromatic carbocycles. The Bertz CT molecular complexity index is 936. The summed E-state index contributed by atoms with van der Waals surface area (Å²) in [7, 11) is 1.35. The van der Waals surface area contributed by atoms with Gasteiger partial charge in [0.2, 0.25) is 5.91 Å². The quantitative estimate of drug-likeness (QED) is 0.739. The lowest BCUT2D eigenvalue weighted by Gasteiger charge is -2.12. The predicted molar refractivity (Wildman–Crippen MR) is 97.8 cm³/mol. The van der Waals surface area contributed by atoms with E-state index < -0.39 is 5.97 Å². The van der Waals surface area contributed by atoms with Crippen molar-refractivity contribution in [3.63, 3.8) is 0 Å². The van der Waals surface area contributed by atoms with Crippen LogP contribution < -0.4 is 5.32 Å². The van der Waals surface area contributed by atoms with Crippen LogP contribution in [0.15, 0.2) is 48.7 Å². The lowest BCUT2D eigenvalue weighted by Crippen LogP contribution is -2.19. The van der Waals surface area contributed by atoms with Crippen LogP contribution in [0, 0.1) is 13.8 Å². The SMILES string of the molecule is COC(=O)c1ccc2ccn(CC(=O)Nc3c(C)cccc3C)c2c1. The van der Waals surface area contributed by atoms with Gasteiger partial charge in [-0.25, -0.2) is 4.79 Å². The van der Waals surface area contributed by atoms with E-state index in [9.17, 15) is 9.59 Å². The van der Waals surface area contributed by atoms with E-state index >= 15 is 0 Å². The third-order valence-corrected chi connectivity index (χ3v) is 4.25. The van der Waals surface area contributed by atoms with Crippen LogP contribution >= 0.6 is 0 Å². The summed E-state index contributed by atoms with van der Waals surface area (Å²) in [5.74, 6) is -0.506. The number of esters is 1. The number of para-hydroxylation sites is 1. The van der Waals surface area contributed by atoms with E-state index in [1.165, 1.54) is 7.11 Å². The zero-order valence-corrected chi connectivity index (χ0v) is 14.5. The van der Waals surface area contributed by atoms with E-state index in [4.69, 9.17) is 4.74 Å². The monoisotopic (exact) mass is 336 g/mol. The molecule has 0 aliphatic carbocycles. The molecule has 0 unspecified atom stereocenters. The van der Waals surface area contributed by atoms with Crippen LogP contribution in [0.3, 0.4) is 0 Å². The van der Waals surface area contributed by atoms with Crippen molar-refractivity contribution in [1.29, 1.82) is 0 Å². The lowest BCUT2D eigenvalue weighted by atomic mass is 10.1. The standard InChI is InChI=1S/C20H20N2O3/c1-13-5-4-6-14(2)19(13)21-18(23)12-22-10-9-15-7-8-16(11-17(15)22)20(24)25-3/h4-11H,12H2,1-3H3,(H,21,23). The van der Waals surface area contributed by atoms with Gasteiger partial charge in [0.25, 0.3) is 0 Å².